The summed E-state index contributed by atoms with van der Waals surface area (Å²) in [5.74, 6) is -1.20. The van der Waals surface area contributed by atoms with Crippen molar-refractivity contribution >= 4 is 35.8 Å². The van der Waals surface area contributed by atoms with Crippen LogP contribution in [0.1, 0.15) is 181 Å². The molecule has 0 aromatic carbocycles. The molecule has 0 heterocycles. The van der Waals surface area contributed by atoms with E-state index in [1.165, 1.54) is 78.7 Å². The zero-order valence-electron chi connectivity index (χ0n) is 41.6. The van der Waals surface area contributed by atoms with Crippen molar-refractivity contribution in [3.05, 3.63) is 0 Å². The van der Waals surface area contributed by atoms with E-state index >= 15 is 0 Å². The third-order valence-corrected chi connectivity index (χ3v) is 10.4. The molecule has 0 fully saturated rings. The lowest BCUT2D eigenvalue weighted by molar-refractivity contribution is -0.883. The Morgan fingerprint density at radius 2 is 0.641 bits per heavy atom. The van der Waals surface area contributed by atoms with E-state index in [-0.39, 0.29) is 67.2 Å². The molecule has 0 aromatic rings. The second kappa shape index (κ2) is 46.8. The first-order valence-corrected chi connectivity index (χ1v) is 24.0. The fourth-order valence-corrected chi connectivity index (χ4v) is 6.48. The van der Waals surface area contributed by atoms with Crippen molar-refractivity contribution in [1.29, 1.82) is 0 Å². The number of hydrogen-bond donors (Lipinski definition) is 0. The van der Waals surface area contributed by atoms with Crippen LogP contribution < -0.4 is 24.8 Å². The van der Waals surface area contributed by atoms with Crippen LogP contribution in [0, 0.1) is 0 Å². The van der Waals surface area contributed by atoms with E-state index in [0.717, 1.165) is 89.9 Å². The molecule has 380 valence electrons. The Hall–Kier alpha value is -2.68. The number of quaternary nitrogens is 2. The van der Waals surface area contributed by atoms with Crippen LogP contribution in [0.3, 0.4) is 0 Å². The Bertz CT molecular complexity index is 1170. The van der Waals surface area contributed by atoms with Crippen molar-refractivity contribution in [2.45, 2.75) is 181 Å². The van der Waals surface area contributed by atoms with Crippen molar-refractivity contribution in [3.63, 3.8) is 0 Å². The minimum atomic E-state index is -0.310. The first kappa shape index (κ1) is 67.9. The van der Waals surface area contributed by atoms with E-state index in [2.05, 4.69) is 11.7 Å². The highest BCUT2D eigenvalue weighted by atomic mass is 35.5. The molecule has 64 heavy (non-hydrogen) atoms. The van der Waals surface area contributed by atoms with Crippen LogP contribution in [0.25, 0.3) is 0 Å². The summed E-state index contributed by atoms with van der Waals surface area (Å²) in [5.41, 5.74) is 0. The molecule has 0 unspecified atom stereocenters. The van der Waals surface area contributed by atoms with Gasteiger partial charge in [-0.25, -0.2) is 9.59 Å². The molecule has 0 aliphatic heterocycles. The first-order valence-electron chi connectivity index (χ1n) is 24.0. The summed E-state index contributed by atoms with van der Waals surface area (Å²) in [6.45, 7) is 8.83. The zero-order chi connectivity index (χ0) is 46.7. The van der Waals surface area contributed by atoms with Gasteiger partial charge in [-0.1, -0.05) is 122 Å². The maximum atomic E-state index is 12.0. The van der Waals surface area contributed by atoms with E-state index in [4.69, 9.17) is 23.7 Å². The SMILES string of the molecule is CCCCCCCCCOC(=O)C[N+](C)(C)CCOC(C)=O.COC(=O)CCCCCCCCCCC(=O)OCCCCCCCCCCOC(=O)C[N+](C)(C)CCOC(C)=O.[Cl-].[Cl-]. The monoisotopic (exact) mass is 959 g/mol. The highest BCUT2D eigenvalue weighted by Gasteiger charge is 2.22. The maximum absolute atomic E-state index is 12.0. The van der Waals surface area contributed by atoms with Crippen LogP contribution in [0.4, 0.5) is 0 Å². The molecule has 0 aliphatic carbocycles. The predicted octanol–water partition coefficient (Wildman–Crippen LogP) is 2.83. The van der Waals surface area contributed by atoms with Crippen LogP contribution in [0.2, 0.25) is 0 Å². The van der Waals surface area contributed by atoms with Crippen LogP contribution in [-0.2, 0) is 57.2 Å². The standard InChI is InChI=1S/C31H58NO8.C17H34NO4.2ClH/c1-28(33)38-26-23-32(2,3)27-31(36)40-25-20-16-12-8-7-11-15-19-24-39-30(35)22-18-14-10-6-5-9-13-17-21-29(34)37-4;1-5-6-7-8-9-10-11-13-22-17(20)15-18(3,4)12-14-21-16(2)19;;/h5-27H2,1-4H3;5-15H2,1-4H3;2*1H/q2*+1;;/p-2. The van der Waals surface area contributed by atoms with Crippen molar-refractivity contribution < 1.29 is 91.0 Å². The highest BCUT2D eigenvalue weighted by molar-refractivity contribution is 5.71. The number of unbranched alkanes of at least 4 members (excludes halogenated alkanes) is 20. The molecule has 14 nitrogen and oxygen atoms in total. The summed E-state index contributed by atoms with van der Waals surface area (Å²) in [5, 5.41) is 0. The zero-order valence-corrected chi connectivity index (χ0v) is 43.1. The van der Waals surface area contributed by atoms with Gasteiger partial charge >= 0.3 is 35.8 Å². The summed E-state index contributed by atoms with van der Waals surface area (Å²) >= 11 is 0. The van der Waals surface area contributed by atoms with Crippen LogP contribution in [0.5, 0.6) is 0 Å². The molecule has 0 radical (unpaired) electrons. The number of carbonyl (C=O) groups excluding carboxylic acids is 6. The van der Waals surface area contributed by atoms with Gasteiger partial charge < -0.3 is 62.2 Å². The number of nitrogens with zero attached hydrogens (tertiary/aromatic N) is 2. The van der Waals surface area contributed by atoms with Crippen molar-refractivity contribution in [3.8, 4) is 0 Å². The number of esters is 6. The lowest BCUT2D eigenvalue weighted by atomic mass is 10.1. The van der Waals surface area contributed by atoms with Gasteiger partial charge in [-0.2, -0.15) is 0 Å². The molecule has 0 rings (SSSR count). The fourth-order valence-electron chi connectivity index (χ4n) is 6.48. The number of halogens is 2. The minimum absolute atomic E-state index is 0. The number of methoxy groups -OCH3 is 1. The van der Waals surface area contributed by atoms with Crippen LogP contribution in [0.15, 0.2) is 0 Å². The van der Waals surface area contributed by atoms with Gasteiger partial charge in [-0.15, -0.1) is 0 Å². The van der Waals surface area contributed by atoms with Gasteiger partial charge in [0.1, 0.15) is 26.3 Å². The summed E-state index contributed by atoms with van der Waals surface area (Å²) in [6, 6.07) is 0. The summed E-state index contributed by atoms with van der Waals surface area (Å²) in [6.07, 6.45) is 26.6. The Labute approximate surface area is 401 Å². The predicted molar refractivity (Wildman–Crippen MR) is 243 cm³/mol. The molecule has 0 bridgehead atoms. The van der Waals surface area contributed by atoms with Crippen molar-refractivity contribution in [2.24, 2.45) is 0 Å². The van der Waals surface area contributed by atoms with Crippen molar-refractivity contribution in [1.82, 2.24) is 0 Å². The maximum Gasteiger partial charge on any atom is 0.361 e. The fraction of sp³-hybridized carbons (Fsp3) is 0.875. The number of likely N-dealkylation sites (N-methyl/N-ethyl adjacent to an activating group) is 2. The molecule has 0 saturated carbocycles. The second-order valence-corrected chi connectivity index (χ2v) is 17.8. The third-order valence-electron chi connectivity index (χ3n) is 10.4. The quantitative estimate of drug-likeness (QED) is 0.0384. The number of hydrogen-bond acceptors (Lipinski definition) is 12. The number of ether oxygens (including phenoxy) is 6. The summed E-state index contributed by atoms with van der Waals surface area (Å²) in [7, 11) is 9.12. The Morgan fingerprint density at radius 1 is 0.359 bits per heavy atom. The molecule has 0 saturated heterocycles. The van der Waals surface area contributed by atoms with Gasteiger partial charge in [-0.3, -0.25) is 19.2 Å². The largest absolute Gasteiger partial charge is 1.00 e. The van der Waals surface area contributed by atoms with Gasteiger partial charge in [0.15, 0.2) is 13.1 Å². The van der Waals surface area contributed by atoms with E-state index < -0.39 is 0 Å². The van der Waals surface area contributed by atoms with E-state index in [1.807, 2.05) is 28.2 Å². The Kier molecular flexibility index (Phi) is 49.7. The van der Waals surface area contributed by atoms with Gasteiger partial charge in [0.05, 0.1) is 55.1 Å². The topological polar surface area (TPSA) is 158 Å². The molecule has 0 atom stereocenters. The van der Waals surface area contributed by atoms with Gasteiger partial charge in [-0.05, 0) is 32.1 Å². The summed E-state index contributed by atoms with van der Waals surface area (Å²) in [4.78, 5) is 68.3. The lowest BCUT2D eigenvalue weighted by Crippen LogP contribution is -3.00. The normalized spacial score (nSPS) is 10.9. The molecule has 0 aliphatic rings. The molecule has 0 amide bonds. The number of carbonyl (C=O) groups is 6. The highest BCUT2D eigenvalue weighted by Crippen LogP contribution is 2.13. The summed E-state index contributed by atoms with van der Waals surface area (Å²) < 4.78 is 31.3. The van der Waals surface area contributed by atoms with Gasteiger partial charge in [0.25, 0.3) is 0 Å². The molecule has 0 N–H and O–H groups in total. The Morgan fingerprint density at radius 3 is 0.953 bits per heavy atom. The van der Waals surface area contributed by atoms with Crippen molar-refractivity contribution in [2.75, 3.05) is 94.5 Å². The minimum Gasteiger partial charge on any atom is -1.00 e. The van der Waals surface area contributed by atoms with Crippen LogP contribution >= 0.6 is 0 Å². The average Bonchev–Trinajstić information content (AvgIpc) is 3.19. The van der Waals surface area contributed by atoms with Gasteiger partial charge in [0.2, 0.25) is 0 Å². The second-order valence-electron chi connectivity index (χ2n) is 17.8. The van der Waals surface area contributed by atoms with E-state index in [0.29, 0.717) is 74.5 Å². The lowest BCUT2D eigenvalue weighted by Gasteiger charge is -2.28. The van der Waals surface area contributed by atoms with E-state index in [1.54, 1.807) is 0 Å². The van der Waals surface area contributed by atoms with E-state index in [9.17, 15) is 28.8 Å². The average molecular weight is 960 g/mol. The molecule has 16 heteroatoms. The molecular formula is C48H92Cl2N2O12. The molecule has 0 aromatic heterocycles. The molecule has 0 spiro atoms. The Balaban J connectivity index is -0.000000637. The first-order chi connectivity index (χ1) is 29.5. The smallest absolute Gasteiger partial charge is 0.361 e. The third kappa shape index (κ3) is 53.7. The van der Waals surface area contributed by atoms with Crippen LogP contribution in [-0.4, -0.2) is 139 Å². The number of rotatable bonds is 40. The molecular weight excluding hydrogens is 867 g/mol. The van der Waals surface area contributed by atoms with Gasteiger partial charge in [0, 0.05) is 26.7 Å².